The van der Waals surface area contributed by atoms with Gasteiger partial charge in [-0.1, -0.05) is 312 Å². The molecule has 14 nitrogen and oxygen atoms in total. The van der Waals surface area contributed by atoms with Crippen LogP contribution in [-0.4, -0.2) is 140 Å². The van der Waals surface area contributed by atoms with E-state index in [1.807, 2.05) is 0 Å². The first-order valence-corrected chi connectivity index (χ1v) is 37.0. The number of aliphatic hydroxyl groups excluding tert-OH is 8. The summed E-state index contributed by atoms with van der Waals surface area (Å²) in [6.07, 6.45) is 62.4. The maximum absolute atomic E-state index is 13.4. The van der Waals surface area contributed by atoms with Crippen molar-refractivity contribution in [2.24, 2.45) is 0 Å². The Morgan fingerprint density at radius 1 is 0.416 bits per heavy atom. The third-order valence-electron chi connectivity index (χ3n) is 18.0. The number of rotatable bonds is 61. The average molecular weight is 1260 g/mol. The summed E-state index contributed by atoms with van der Waals surface area (Å²) in [5, 5.41) is 87.7. The molecular formula is C75H137NO13. The zero-order chi connectivity index (χ0) is 64.5. The minimum absolute atomic E-state index is 0.203. The molecule has 0 aromatic heterocycles. The van der Waals surface area contributed by atoms with Crippen LogP contribution in [0.5, 0.6) is 0 Å². The van der Waals surface area contributed by atoms with E-state index < -0.39 is 86.8 Å². The Morgan fingerprint density at radius 2 is 0.775 bits per heavy atom. The largest absolute Gasteiger partial charge is 0.394 e. The van der Waals surface area contributed by atoms with Gasteiger partial charge in [-0.2, -0.15) is 0 Å². The van der Waals surface area contributed by atoms with E-state index in [1.54, 1.807) is 0 Å². The number of carbonyl (C=O) groups is 1. The molecule has 2 fully saturated rings. The molecular weight excluding hydrogens is 1120 g/mol. The molecule has 2 aliphatic heterocycles. The molecule has 520 valence electrons. The third kappa shape index (κ3) is 43.3. The average Bonchev–Trinajstić information content (AvgIpc) is 2.75. The zero-order valence-corrected chi connectivity index (χ0v) is 56.7. The number of nitrogens with one attached hydrogen (secondary N) is 1. The summed E-state index contributed by atoms with van der Waals surface area (Å²) in [5.41, 5.74) is 0. The van der Waals surface area contributed by atoms with Crippen LogP contribution < -0.4 is 5.32 Å². The van der Waals surface area contributed by atoms with E-state index in [-0.39, 0.29) is 12.5 Å². The van der Waals surface area contributed by atoms with Crippen molar-refractivity contribution in [3.63, 3.8) is 0 Å². The number of ether oxygens (including phenoxy) is 4. The molecule has 89 heavy (non-hydrogen) atoms. The lowest BCUT2D eigenvalue weighted by Crippen LogP contribution is -2.65. The van der Waals surface area contributed by atoms with Crippen LogP contribution in [-0.2, 0) is 23.7 Å². The van der Waals surface area contributed by atoms with E-state index in [4.69, 9.17) is 18.9 Å². The first-order chi connectivity index (χ1) is 43.6. The van der Waals surface area contributed by atoms with E-state index >= 15 is 0 Å². The molecule has 0 bridgehead atoms. The molecule has 12 atom stereocenters. The number of hydrogen-bond donors (Lipinski definition) is 9. The van der Waals surface area contributed by atoms with Crippen LogP contribution in [0.25, 0.3) is 0 Å². The summed E-state index contributed by atoms with van der Waals surface area (Å²) >= 11 is 0. The van der Waals surface area contributed by atoms with Gasteiger partial charge in [0.1, 0.15) is 48.8 Å². The van der Waals surface area contributed by atoms with Crippen molar-refractivity contribution in [1.82, 2.24) is 5.32 Å². The predicted molar refractivity (Wildman–Crippen MR) is 364 cm³/mol. The zero-order valence-electron chi connectivity index (χ0n) is 56.7. The molecule has 1 amide bonds. The second-order valence-electron chi connectivity index (χ2n) is 26.0. The predicted octanol–water partition coefficient (Wildman–Crippen LogP) is 15.6. The minimum Gasteiger partial charge on any atom is -0.394 e. The Hall–Kier alpha value is -2.31. The number of aliphatic hydroxyl groups is 8. The lowest BCUT2D eigenvalue weighted by atomic mass is 9.97. The van der Waals surface area contributed by atoms with Crippen molar-refractivity contribution in [3.05, 3.63) is 60.8 Å². The van der Waals surface area contributed by atoms with Gasteiger partial charge in [0, 0.05) is 6.42 Å². The molecule has 0 spiro atoms. The van der Waals surface area contributed by atoms with E-state index in [1.165, 1.54) is 205 Å². The molecule has 0 radical (unpaired) electrons. The molecule has 0 saturated carbocycles. The molecule has 9 N–H and O–H groups in total. The highest BCUT2D eigenvalue weighted by atomic mass is 16.7. The number of hydrogen-bond acceptors (Lipinski definition) is 13. The standard InChI is InChI=1S/C75H137NO13/c1-3-5-7-9-11-13-15-17-19-21-23-25-27-28-29-30-31-32-33-34-35-36-37-39-41-43-45-47-49-51-53-55-57-59-67(80)76-63(62-86-74-72(85)70(83)73(66(61-78)88-74)89-75-71(84)69(82)68(81)65(60-77)87-75)64(79)58-56-54-52-50-48-46-44-42-40-38-26-24-22-20-18-16-14-12-10-8-6-4-2/h5,7,11,13,17,19,23,25,28-29,63-66,68-75,77-79,81-85H,3-4,6,8-10,12,14-16,18,20-22,24,26-27,30-62H2,1-2H3,(H,76,80)/b7-5-,13-11-,19-17-,25-23-,29-28-. The van der Waals surface area contributed by atoms with Crippen molar-refractivity contribution >= 4 is 5.91 Å². The normalized spacial score (nSPS) is 23.3. The molecule has 2 rings (SSSR count). The number of allylic oxidation sites excluding steroid dienone is 10. The van der Waals surface area contributed by atoms with Gasteiger partial charge in [0.05, 0.1) is 32.0 Å². The van der Waals surface area contributed by atoms with Crippen molar-refractivity contribution in [3.8, 4) is 0 Å². The van der Waals surface area contributed by atoms with Crippen molar-refractivity contribution < 1.29 is 64.6 Å². The topological polar surface area (TPSA) is 228 Å². The summed E-state index contributed by atoms with van der Waals surface area (Å²) in [6, 6.07) is -0.831. The molecule has 0 aliphatic carbocycles. The maximum atomic E-state index is 13.4. The van der Waals surface area contributed by atoms with E-state index in [0.29, 0.717) is 12.8 Å². The summed E-state index contributed by atoms with van der Waals surface area (Å²) in [5.74, 6) is -0.203. The molecule has 0 aromatic carbocycles. The summed E-state index contributed by atoms with van der Waals surface area (Å²) in [6.45, 7) is 2.79. The molecule has 0 aromatic rings. The fraction of sp³-hybridized carbons (Fsp3) is 0.853. The Morgan fingerprint density at radius 3 is 1.19 bits per heavy atom. The Bertz CT molecular complexity index is 1720. The van der Waals surface area contributed by atoms with Crippen LogP contribution in [0.3, 0.4) is 0 Å². The smallest absolute Gasteiger partial charge is 0.220 e. The van der Waals surface area contributed by atoms with Crippen LogP contribution >= 0.6 is 0 Å². The summed E-state index contributed by atoms with van der Waals surface area (Å²) in [7, 11) is 0. The Balaban J connectivity index is 1.63. The quantitative estimate of drug-likeness (QED) is 0.0204. The van der Waals surface area contributed by atoms with Gasteiger partial charge in [-0.15, -0.1) is 0 Å². The fourth-order valence-corrected chi connectivity index (χ4v) is 12.2. The van der Waals surface area contributed by atoms with Crippen LogP contribution in [0.15, 0.2) is 60.8 Å². The Kier molecular flexibility index (Phi) is 55.3. The van der Waals surface area contributed by atoms with E-state index in [2.05, 4.69) is 79.9 Å². The van der Waals surface area contributed by atoms with Crippen molar-refractivity contribution in [2.75, 3.05) is 19.8 Å². The van der Waals surface area contributed by atoms with Gasteiger partial charge in [0.25, 0.3) is 0 Å². The van der Waals surface area contributed by atoms with Gasteiger partial charge in [-0.05, 0) is 57.8 Å². The highest BCUT2D eigenvalue weighted by molar-refractivity contribution is 5.76. The van der Waals surface area contributed by atoms with Crippen LogP contribution in [0.1, 0.15) is 316 Å². The van der Waals surface area contributed by atoms with Crippen LogP contribution in [0.4, 0.5) is 0 Å². The highest BCUT2D eigenvalue weighted by Gasteiger charge is 2.51. The number of amides is 1. The Labute approximate surface area is 543 Å². The first-order valence-electron chi connectivity index (χ1n) is 37.0. The first kappa shape index (κ1) is 82.8. The van der Waals surface area contributed by atoms with Gasteiger partial charge in [-0.25, -0.2) is 0 Å². The lowest BCUT2D eigenvalue weighted by Gasteiger charge is -2.46. The van der Waals surface area contributed by atoms with Gasteiger partial charge in [0.2, 0.25) is 5.91 Å². The molecule has 12 unspecified atom stereocenters. The van der Waals surface area contributed by atoms with Crippen LogP contribution in [0.2, 0.25) is 0 Å². The lowest BCUT2D eigenvalue weighted by molar-refractivity contribution is -0.359. The molecule has 2 heterocycles. The summed E-state index contributed by atoms with van der Waals surface area (Å²) in [4.78, 5) is 13.4. The number of carbonyl (C=O) groups excluding carboxylic acids is 1. The van der Waals surface area contributed by atoms with E-state index in [9.17, 15) is 45.6 Å². The third-order valence-corrected chi connectivity index (χ3v) is 18.0. The second-order valence-corrected chi connectivity index (χ2v) is 26.0. The monoisotopic (exact) mass is 1260 g/mol. The SMILES string of the molecule is CC/C=C\C/C=C\C/C=C\C/C=C\C/C=C\CCCCCCCCCCCCCCCCCCCC(=O)NC(COC1OC(CO)C(OC2OC(CO)C(O)C(O)C2O)C(O)C1O)C(O)CCCCCCCCCCCCCCCCCCCCCCCC. The van der Waals surface area contributed by atoms with Crippen molar-refractivity contribution in [2.45, 2.75) is 389 Å². The maximum Gasteiger partial charge on any atom is 0.220 e. The molecule has 2 saturated heterocycles. The van der Waals surface area contributed by atoms with Gasteiger partial charge >= 0.3 is 0 Å². The minimum atomic E-state index is -1.78. The van der Waals surface area contributed by atoms with Crippen LogP contribution in [0, 0.1) is 0 Å². The molecule has 14 heteroatoms. The van der Waals surface area contributed by atoms with Gasteiger partial charge in [-0.3, -0.25) is 4.79 Å². The summed E-state index contributed by atoms with van der Waals surface area (Å²) < 4.78 is 22.9. The highest BCUT2D eigenvalue weighted by Crippen LogP contribution is 2.30. The number of unbranched alkanes of at least 4 members (excludes halogenated alkanes) is 38. The molecule has 2 aliphatic rings. The van der Waals surface area contributed by atoms with E-state index in [0.717, 1.165) is 83.5 Å². The second kappa shape index (κ2) is 59.4. The van der Waals surface area contributed by atoms with Gasteiger partial charge < -0.3 is 65.1 Å². The fourth-order valence-electron chi connectivity index (χ4n) is 12.2. The van der Waals surface area contributed by atoms with Gasteiger partial charge in [0.15, 0.2) is 12.6 Å². The van der Waals surface area contributed by atoms with Crippen molar-refractivity contribution in [1.29, 1.82) is 0 Å².